The summed E-state index contributed by atoms with van der Waals surface area (Å²) in [6.45, 7) is 7.94. The lowest BCUT2D eigenvalue weighted by molar-refractivity contribution is 0.102. The average Bonchev–Trinajstić information content (AvgIpc) is 2.77. The maximum Gasteiger partial charge on any atom is 0.275 e. The topological polar surface area (TPSA) is 101 Å². The van der Waals surface area contributed by atoms with Crippen LogP contribution in [0.2, 0.25) is 0 Å². The first-order valence-corrected chi connectivity index (χ1v) is 11.7. The number of nitrogens with one attached hydrogen (secondary N) is 1. The van der Waals surface area contributed by atoms with E-state index in [0.717, 1.165) is 5.56 Å². The molecule has 0 radical (unpaired) electrons. The minimum Gasteiger partial charge on any atom is -0.455 e. The van der Waals surface area contributed by atoms with Crippen LogP contribution in [0.3, 0.4) is 0 Å². The van der Waals surface area contributed by atoms with Crippen LogP contribution in [0, 0.1) is 13.8 Å². The largest absolute Gasteiger partial charge is 0.455 e. The van der Waals surface area contributed by atoms with E-state index in [4.69, 9.17) is 4.74 Å². The molecule has 0 saturated carbocycles. The fraction of sp³-hybridized carbons (Fsp3) is 0.261. The van der Waals surface area contributed by atoms with E-state index >= 15 is 0 Å². The number of hydrogen-bond acceptors (Lipinski definition) is 6. The van der Waals surface area contributed by atoms with Gasteiger partial charge in [0.25, 0.3) is 5.91 Å². The summed E-state index contributed by atoms with van der Waals surface area (Å²) in [4.78, 5) is 21.0. The minimum absolute atomic E-state index is 0.0581. The van der Waals surface area contributed by atoms with E-state index in [-0.39, 0.29) is 16.3 Å². The van der Waals surface area contributed by atoms with Gasteiger partial charge in [0.2, 0.25) is 10.0 Å². The third-order valence-corrected chi connectivity index (χ3v) is 6.85. The van der Waals surface area contributed by atoms with Gasteiger partial charge in [0, 0.05) is 19.3 Å². The molecule has 1 heterocycles. The molecule has 0 spiro atoms. The number of anilines is 1. The Morgan fingerprint density at radius 2 is 1.69 bits per heavy atom. The smallest absolute Gasteiger partial charge is 0.275 e. The first kappa shape index (κ1) is 23.4. The van der Waals surface area contributed by atoms with Gasteiger partial charge in [0.15, 0.2) is 5.75 Å². The molecule has 1 aromatic heterocycles. The molecular weight excluding hydrogens is 428 g/mol. The lowest BCUT2D eigenvalue weighted by Crippen LogP contribution is -2.30. The van der Waals surface area contributed by atoms with Crippen molar-refractivity contribution in [2.45, 2.75) is 32.6 Å². The molecule has 3 rings (SSSR count). The summed E-state index contributed by atoms with van der Waals surface area (Å²) in [5.74, 6) is 0.338. The number of rotatable bonds is 8. The van der Waals surface area contributed by atoms with Crippen molar-refractivity contribution in [3.8, 4) is 11.5 Å². The van der Waals surface area contributed by atoms with Crippen LogP contribution in [-0.4, -0.2) is 41.7 Å². The van der Waals surface area contributed by atoms with Gasteiger partial charge in [-0.2, -0.15) is 4.31 Å². The Balaban J connectivity index is 2.01. The van der Waals surface area contributed by atoms with Gasteiger partial charge in [-0.25, -0.2) is 13.4 Å². The van der Waals surface area contributed by atoms with E-state index in [1.54, 1.807) is 32.9 Å². The predicted octanol–water partition coefficient (Wildman–Crippen LogP) is 4.17. The Hall–Kier alpha value is -3.30. The van der Waals surface area contributed by atoms with Crippen molar-refractivity contribution in [1.82, 2.24) is 14.3 Å². The molecule has 0 aliphatic heterocycles. The number of ether oxygens (including phenoxy) is 1. The van der Waals surface area contributed by atoms with E-state index in [0.29, 0.717) is 30.3 Å². The molecule has 8 nitrogen and oxygen atoms in total. The second-order valence-electron chi connectivity index (χ2n) is 7.16. The second kappa shape index (κ2) is 9.88. The Bertz CT molecular complexity index is 1190. The summed E-state index contributed by atoms with van der Waals surface area (Å²) in [5, 5.41) is 2.72. The monoisotopic (exact) mass is 454 g/mol. The summed E-state index contributed by atoms with van der Waals surface area (Å²) >= 11 is 0. The van der Waals surface area contributed by atoms with Gasteiger partial charge in [-0.3, -0.25) is 9.78 Å². The van der Waals surface area contributed by atoms with Crippen LogP contribution in [0.1, 0.15) is 35.6 Å². The number of aryl methyl sites for hydroxylation is 2. The van der Waals surface area contributed by atoms with Crippen molar-refractivity contribution in [3.05, 3.63) is 71.8 Å². The molecule has 32 heavy (non-hydrogen) atoms. The zero-order chi connectivity index (χ0) is 23.3. The van der Waals surface area contributed by atoms with Crippen molar-refractivity contribution in [3.63, 3.8) is 0 Å². The Labute approximate surface area is 188 Å². The fourth-order valence-corrected chi connectivity index (χ4v) is 4.48. The zero-order valence-corrected chi connectivity index (χ0v) is 19.3. The molecule has 0 fully saturated rings. The maximum atomic E-state index is 13.0. The number of benzene rings is 2. The first-order valence-electron chi connectivity index (χ1n) is 10.2. The SMILES string of the molecule is CCN(CC)S(=O)(=O)c1ccc(Oc2ccc(C)cc2)c(NC(=O)c2cnc(C)cn2)c1. The van der Waals surface area contributed by atoms with Gasteiger partial charge >= 0.3 is 0 Å². The van der Waals surface area contributed by atoms with Gasteiger partial charge in [-0.1, -0.05) is 31.5 Å². The quantitative estimate of drug-likeness (QED) is 0.548. The highest BCUT2D eigenvalue weighted by molar-refractivity contribution is 7.89. The van der Waals surface area contributed by atoms with E-state index in [9.17, 15) is 13.2 Å². The highest BCUT2D eigenvalue weighted by Crippen LogP contribution is 2.33. The van der Waals surface area contributed by atoms with Gasteiger partial charge in [0.1, 0.15) is 11.4 Å². The number of aromatic nitrogens is 2. The van der Waals surface area contributed by atoms with Crippen LogP contribution < -0.4 is 10.1 Å². The molecule has 168 valence electrons. The predicted molar refractivity (Wildman–Crippen MR) is 123 cm³/mol. The Morgan fingerprint density at radius 1 is 1.00 bits per heavy atom. The molecule has 0 atom stereocenters. The molecular formula is C23H26N4O4S. The number of carbonyl (C=O) groups excluding carboxylic acids is 1. The second-order valence-corrected chi connectivity index (χ2v) is 9.10. The summed E-state index contributed by atoms with van der Waals surface area (Å²) in [5.41, 5.74) is 2.07. The highest BCUT2D eigenvalue weighted by atomic mass is 32.2. The van der Waals surface area contributed by atoms with Crippen LogP contribution in [-0.2, 0) is 10.0 Å². The standard InChI is InChI=1S/C23H26N4O4S/c1-5-27(6-2)32(29,30)19-11-12-22(31-18-9-7-16(3)8-10-18)20(13-19)26-23(28)21-15-24-17(4)14-25-21/h7-15H,5-6H2,1-4H3,(H,26,28). The number of carbonyl (C=O) groups is 1. The molecule has 0 unspecified atom stereocenters. The third kappa shape index (κ3) is 5.30. The van der Waals surface area contributed by atoms with E-state index in [1.165, 1.54) is 34.9 Å². The summed E-state index contributed by atoms with van der Waals surface area (Å²) < 4.78 is 33.3. The van der Waals surface area contributed by atoms with E-state index in [2.05, 4.69) is 15.3 Å². The highest BCUT2D eigenvalue weighted by Gasteiger charge is 2.24. The van der Waals surface area contributed by atoms with Crippen molar-refractivity contribution in [2.75, 3.05) is 18.4 Å². The van der Waals surface area contributed by atoms with Crippen LogP contribution >= 0.6 is 0 Å². The molecule has 0 bridgehead atoms. The number of hydrogen-bond donors (Lipinski definition) is 1. The minimum atomic E-state index is -3.73. The van der Waals surface area contributed by atoms with Gasteiger partial charge in [-0.15, -0.1) is 0 Å². The van der Waals surface area contributed by atoms with Crippen LogP contribution in [0.5, 0.6) is 11.5 Å². The third-order valence-electron chi connectivity index (χ3n) is 4.80. The summed E-state index contributed by atoms with van der Waals surface area (Å²) in [6, 6.07) is 11.8. The molecule has 0 aliphatic carbocycles. The lowest BCUT2D eigenvalue weighted by atomic mass is 10.2. The van der Waals surface area contributed by atoms with E-state index < -0.39 is 15.9 Å². The van der Waals surface area contributed by atoms with Crippen molar-refractivity contribution >= 4 is 21.6 Å². The Morgan fingerprint density at radius 3 is 2.28 bits per heavy atom. The van der Waals surface area contributed by atoms with Crippen LogP contribution in [0.4, 0.5) is 5.69 Å². The molecule has 1 amide bonds. The molecule has 0 saturated heterocycles. The zero-order valence-electron chi connectivity index (χ0n) is 18.5. The molecule has 9 heteroatoms. The van der Waals surface area contributed by atoms with E-state index in [1.807, 2.05) is 19.1 Å². The average molecular weight is 455 g/mol. The number of nitrogens with zero attached hydrogens (tertiary/aromatic N) is 3. The normalized spacial score (nSPS) is 11.4. The van der Waals surface area contributed by atoms with Crippen molar-refractivity contribution in [1.29, 1.82) is 0 Å². The molecule has 2 aromatic carbocycles. The number of sulfonamides is 1. The van der Waals surface area contributed by atoms with Crippen molar-refractivity contribution in [2.24, 2.45) is 0 Å². The van der Waals surface area contributed by atoms with Gasteiger partial charge in [0.05, 0.1) is 22.5 Å². The van der Waals surface area contributed by atoms with Crippen molar-refractivity contribution < 1.29 is 17.9 Å². The molecule has 1 N–H and O–H groups in total. The first-order chi connectivity index (χ1) is 15.2. The fourth-order valence-electron chi connectivity index (χ4n) is 3.00. The molecule has 3 aromatic rings. The number of amides is 1. The summed E-state index contributed by atoms with van der Waals surface area (Å²) in [6.07, 6.45) is 2.85. The summed E-state index contributed by atoms with van der Waals surface area (Å²) in [7, 11) is -3.73. The van der Waals surface area contributed by atoms with Crippen LogP contribution in [0.25, 0.3) is 0 Å². The van der Waals surface area contributed by atoms with Gasteiger partial charge < -0.3 is 10.1 Å². The molecule has 0 aliphatic rings. The van der Waals surface area contributed by atoms with Crippen LogP contribution in [0.15, 0.2) is 59.8 Å². The maximum absolute atomic E-state index is 13.0. The van der Waals surface area contributed by atoms with Gasteiger partial charge in [-0.05, 0) is 44.2 Å². The lowest BCUT2D eigenvalue weighted by Gasteiger charge is -2.20. The Kier molecular flexibility index (Phi) is 7.22.